The fourth-order valence-electron chi connectivity index (χ4n) is 4.00. The van der Waals surface area contributed by atoms with Crippen LogP contribution in [0.1, 0.15) is 22.5 Å². The molecule has 0 bridgehead atoms. The van der Waals surface area contributed by atoms with Crippen molar-refractivity contribution in [2.24, 2.45) is 0 Å². The molecule has 0 fully saturated rings. The van der Waals surface area contributed by atoms with E-state index >= 15 is 0 Å². The molecule has 0 spiro atoms. The Kier molecular flexibility index (Phi) is 6.51. The first-order valence-corrected chi connectivity index (χ1v) is 11.0. The predicted octanol–water partition coefficient (Wildman–Crippen LogP) is 3.84. The monoisotopic (exact) mass is 464 g/mol. The molecule has 2 aromatic carbocycles. The number of fused-ring (bicyclic) bond motifs is 1. The molecular formula is C25H25ClN4O3. The minimum atomic E-state index is -0.301. The number of nitrogens with one attached hydrogen (secondary N) is 1. The number of methoxy groups -OCH3 is 1. The number of halogens is 1. The Morgan fingerprint density at radius 2 is 1.82 bits per heavy atom. The summed E-state index contributed by atoms with van der Waals surface area (Å²) in [4.78, 5) is 25.7. The van der Waals surface area contributed by atoms with Crippen LogP contribution in [0.3, 0.4) is 0 Å². The smallest absolute Gasteiger partial charge is 0.276 e. The summed E-state index contributed by atoms with van der Waals surface area (Å²) < 4.78 is 8.60. The van der Waals surface area contributed by atoms with E-state index < -0.39 is 0 Å². The average Bonchev–Trinajstić information content (AvgIpc) is 3.06. The molecule has 0 aliphatic carbocycles. The second-order valence-corrected chi connectivity index (χ2v) is 8.30. The fraction of sp³-hybridized carbons (Fsp3) is 0.240. The molecule has 0 unspecified atom stereocenters. The fourth-order valence-corrected chi connectivity index (χ4v) is 4.13. The molecule has 8 heteroatoms. The van der Waals surface area contributed by atoms with Crippen molar-refractivity contribution < 1.29 is 9.53 Å². The van der Waals surface area contributed by atoms with Crippen LogP contribution in [-0.4, -0.2) is 27.4 Å². The summed E-state index contributed by atoms with van der Waals surface area (Å²) in [7, 11) is 1.59. The quantitative estimate of drug-likeness (QED) is 0.450. The number of amides is 1. The predicted molar refractivity (Wildman–Crippen MR) is 129 cm³/mol. The Morgan fingerprint density at radius 1 is 1.09 bits per heavy atom. The van der Waals surface area contributed by atoms with E-state index in [9.17, 15) is 9.59 Å². The van der Waals surface area contributed by atoms with E-state index in [1.54, 1.807) is 13.3 Å². The number of hydrogen-bond acceptors (Lipinski definition) is 4. The second-order valence-electron chi connectivity index (χ2n) is 7.87. The summed E-state index contributed by atoms with van der Waals surface area (Å²) in [6.07, 6.45) is 1.66. The van der Waals surface area contributed by atoms with Crippen LogP contribution in [0.4, 0.5) is 0 Å². The molecule has 0 atom stereocenters. The van der Waals surface area contributed by atoms with Crippen LogP contribution < -0.4 is 15.6 Å². The number of nitrogens with zero attached hydrogens (tertiary/aromatic N) is 3. The number of carbonyl (C=O) groups is 1. The van der Waals surface area contributed by atoms with Gasteiger partial charge in [0, 0.05) is 40.4 Å². The van der Waals surface area contributed by atoms with Crippen molar-refractivity contribution >= 4 is 28.3 Å². The molecule has 0 saturated heterocycles. The molecule has 0 aliphatic rings. The van der Waals surface area contributed by atoms with Crippen molar-refractivity contribution in [1.29, 1.82) is 0 Å². The number of rotatable bonds is 7. The summed E-state index contributed by atoms with van der Waals surface area (Å²) in [6.45, 7) is 4.64. The topological polar surface area (TPSA) is 78.2 Å². The minimum absolute atomic E-state index is 0.162. The number of hydrogen-bond donors (Lipinski definition) is 1. The molecule has 33 heavy (non-hydrogen) atoms. The number of carbonyl (C=O) groups excluding carboxylic acids is 1. The van der Waals surface area contributed by atoms with E-state index in [0.717, 1.165) is 27.9 Å². The van der Waals surface area contributed by atoms with E-state index in [1.165, 1.54) is 4.68 Å². The number of ether oxygens (including phenoxy) is 1. The van der Waals surface area contributed by atoms with Crippen molar-refractivity contribution in [3.8, 4) is 5.75 Å². The summed E-state index contributed by atoms with van der Waals surface area (Å²) >= 11 is 6.00. The zero-order chi connectivity index (χ0) is 23.5. The lowest BCUT2D eigenvalue weighted by Gasteiger charge is -2.10. The zero-order valence-corrected chi connectivity index (χ0v) is 19.5. The molecule has 1 amide bonds. The van der Waals surface area contributed by atoms with E-state index in [1.807, 2.05) is 62.4 Å². The summed E-state index contributed by atoms with van der Waals surface area (Å²) in [5.74, 6) is 0.396. The number of para-hydroxylation sites is 1. The maximum absolute atomic E-state index is 13.2. The highest BCUT2D eigenvalue weighted by atomic mass is 35.5. The third-order valence-electron chi connectivity index (χ3n) is 5.82. The van der Waals surface area contributed by atoms with Crippen molar-refractivity contribution in [1.82, 2.24) is 19.7 Å². The van der Waals surface area contributed by atoms with E-state index in [0.29, 0.717) is 29.2 Å². The van der Waals surface area contributed by atoms with Crippen molar-refractivity contribution in [2.45, 2.75) is 33.5 Å². The number of aromatic nitrogens is 3. The molecule has 0 saturated carbocycles. The lowest BCUT2D eigenvalue weighted by atomic mass is 10.2. The third-order valence-corrected chi connectivity index (χ3v) is 6.07. The van der Waals surface area contributed by atoms with E-state index in [4.69, 9.17) is 16.3 Å². The SMILES string of the molecule is COc1ccccc1CNC(=O)Cn1ncc2c(C)n(Cc3ccc(Cl)cc3)c(C)c2c1=O. The first-order valence-electron chi connectivity index (χ1n) is 10.6. The molecule has 2 heterocycles. The van der Waals surface area contributed by atoms with Crippen LogP contribution in [0.2, 0.25) is 5.02 Å². The van der Waals surface area contributed by atoms with Crippen LogP contribution in [0.25, 0.3) is 10.8 Å². The first-order chi connectivity index (χ1) is 15.9. The molecular weight excluding hydrogens is 440 g/mol. The van der Waals surface area contributed by atoms with Gasteiger partial charge >= 0.3 is 0 Å². The van der Waals surface area contributed by atoms with Gasteiger partial charge in [0.05, 0.1) is 18.7 Å². The third kappa shape index (κ3) is 4.64. The van der Waals surface area contributed by atoms with E-state index in [-0.39, 0.29) is 18.0 Å². The van der Waals surface area contributed by atoms with Gasteiger partial charge in [0.2, 0.25) is 5.91 Å². The first kappa shape index (κ1) is 22.6. The van der Waals surface area contributed by atoms with Crippen molar-refractivity contribution in [2.75, 3.05) is 7.11 Å². The van der Waals surface area contributed by atoms with Gasteiger partial charge < -0.3 is 14.6 Å². The van der Waals surface area contributed by atoms with Crippen LogP contribution in [0.15, 0.2) is 59.5 Å². The highest BCUT2D eigenvalue weighted by Gasteiger charge is 2.17. The summed E-state index contributed by atoms with van der Waals surface area (Å²) in [5, 5.41) is 9.14. The zero-order valence-electron chi connectivity index (χ0n) is 18.8. The molecule has 4 aromatic rings. The van der Waals surface area contributed by atoms with Crippen molar-refractivity contribution in [3.63, 3.8) is 0 Å². The molecule has 4 rings (SSSR count). The van der Waals surface area contributed by atoms with Gasteiger partial charge in [-0.05, 0) is 37.6 Å². The van der Waals surface area contributed by atoms with Gasteiger partial charge in [0.1, 0.15) is 12.3 Å². The molecule has 0 radical (unpaired) electrons. The van der Waals surface area contributed by atoms with Gasteiger partial charge in [-0.3, -0.25) is 9.59 Å². The van der Waals surface area contributed by atoms with Crippen LogP contribution in [-0.2, 0) is 24.4 Å². The maximum atomic E-state index is 13.2. The molecule has 0 aliphatic heterocycles. The summed E-state index contributed by atoms with van der Waals surface area (Å²) in [5.41, 5.74) is 3.45. The van der Waals surface area contributed by atoms with Crippen LogP contribution in [0.5, 0.6) is 5.75 Å². The second kappa shape index (κ2) is 9.50. The number of aryl methyl sites for hydroxylation is 2. The lowest BCUT2D eigenvalue weighted by Crippen LogP contribution is -2.33. The molecule has 170 valence electrons. The van der Waals surface area contributed by atoms with Gasteiger partial charge in [0.25, 0.3) is 5.56 Å². The molecule has 2 aromatic heterocycles. The van der Waals surface area contributed by atoms with Crippen LogP contribution in [0, 0.1) is 13.8 Å². The van der Waals surface area contributed by atoms with Gasteiger partial charge in [-0.1, -0.05) is 41.9 Å². The van der Waals surface area contributed by atoms with Gasteiger partial charge in [-0.15, -0.1) is 0 Å². The largest absolute Gasteiger partial charge is 0.496 e. The van der Waals surface area contributed by atoms with Gasteiger partial charge in [-0.25, -0.2) is 4.68 Å². The van der Waals surface area contributed by atoms with Gasteiger partial charge in [-0.2, -0.15) is 5.10 Å². The highest BCUT2D eigenvalue weighted by molar-refractivity contribution is 6.30. The maximum Gasteiger partial charge on any atom is 0.276 e. The highest BCUT2D eigenvalue weighted by Crippen LogP contribution is 2.23. The van der Waals surface area contributed by atoms with Crippen LogP contribution >= 0.6 is 11.6 Å². The average molecular weight is 465 g/mol. The Morgan fingerprint density at radius 3 is 2.55 bits per heavy atom. The normalized spacial score (nSPS) is 11.0. The minimum Gasteiger partial charge on any atom is -0.496 e. The molecule has 7 nitrogen and oxygen atoms in total. The Hall–Kier alpha value is -3.58. The van der Waals surface area contributed by atoms with Gasteiger partial charge in [0.15, 0.2) is 0 Å². The molecule has 1 N–H and O–H groups in total. The Bertz CT molecular complexity index is 1370. The van der Waals surface area contributed by atoms with Crippen molar-refractivity contribution in [3.05, 3.63) is 92.6 Å². The number of benzene rings is 2. The Balaban J connectivity index is 1.56. The van der Waals surface area contributed by atoms with E-state index in [2.05, 4.69) is 15.0 Å². The Labute approximate surface area is 196 Å². The summed E-state index contributed by atoms with van der Waals surface area (Å²) in [6, 6.07) is 15.1. The lowest BCUT2D eigenvalue weighted by molar-refractivity contribution is -0.122. The standard InChI is InChI=1S/C25H25ClN4O3/c1-16-21-13-28-30(15-23(31)27-12-19-6-4-5-7-22(19)33-3)25(32)24(21)17(2)29(16)14-18-8-10-20(26)11-9-18/h4-11,13H,12,14-15H2,1-3H3,(H,27,31).